The van der Waals surface area contributed by atoms with E-state index in [1.807, 2.05) is 13.8 Å². The van der Waals surface area contributed by atoms with Crippen LogP contribution in [0.2, 0.25) is 0 Å². The number of nitrogens with two attached hydrogens (primary N) is 2. The molecule has 0 aromatic heterocycles. The van der Waals surface area contributed by atoms with Gasteiger partial charge in [-0.2, -0.15) is 0 Å². The Labute approximate surface area is 84.0 Å². The Kier molecular flexibility index (Phi) is 18.2. The van der Waals surface area contributed by atoms with E-state index in [0.717, 1.165) is 0 Å². The summed E-state index contributed by atoms with van der Waals surface area (Å²) in [6, 6.07) is 0. The van der Waals surface area contributed by atoms with Crippen molar-refractivity contribution in [3.8, 4) is 0 Å². The summed E-state index contributed by atoms with van der Waals surface area (Å²) in [6.45, 7) is 6.55. The molecule has 3 amide bonds. The average Bonchev–Trinajstić information content (AvgIpc) is 2.03. The molecule has 0 bridgehead atoms. The fourth-order valence-corrected chi connectivity index (χ4v) is 0.212. The molecule has 0 aromatic carbocycles. The van der Waals surface area contributed by atoms with Crippen LogP contribution in [-0.4, -0.2) is 24.3 Å². The number of primary amides is 2. The van der Waals surface area contributed by atoms with Crippen LogP contribution < -0.4 is 16.8 Å². The Bertz CT molecular complexity index is 163. The normalized spacial score (nSPS) is 6.86. The summed E-state index contributed by atoms with van der Waals surface area (Å²) < 4.78 is 0. The number of nitrogens with one attached hydrogen (secondary N) is 1. The van der Waals surface area contributed by atoms with E-state index in [-0.39, 0.29) is 18.4 Å². The molecular weight excluding hydrogens is 186 g/mol. The van der Waals surface area contributed by atoms with Gasteiger partial charge in [-0.1, -0.05) is 13.8 Å². The maximum atomic E-state index is 10.0. The van der Waals surface area contributed by atoms with Gasteiger partial charge in [-0.15, -0.1) is 0 Å². The fraction of sp³-hybridized carbons (Fsp3) is 0.625. The van der Waals surface area contributed by atoms with Crippen molar-refractivity contribution >= 4 is 17.7 Å². The lowest BCUT2D eigenvalue weighted by Gasteiger charge is -1.93. The molecule has 0 aliphatic heterocycles. The van der Waals surface area contributed by atoms with E-state index in [1.54, 1.807) is 0 Å². The van der Waals surface area contributed by atoms with Crippen molar-refractivity contribution in [2.24, 2.45) is 11.5 Å². The van der Waals surface area contributed by atoms with Gasteiger partial charge in [0.1, 0.15) is 0 Å². The predicted octanol–water partition coefficient (Wildman–Crippen LogP) is -0.874. The van der Waals surface area contributed by atoms with E-state index in [1.165, 1.54) is 13.8 Å². The number of hydrogen-bond donors (Lipinski definition) is 3. The van der Waals surface area contributed by atoms with Crippen molar-refractivity contribution in [1.82, 2.24) is 5.32 Å². The van der Waals surface area contributed by atoms with Crippen molar-refractivity contribution in [1.29, 1.82) is 0 Å². The summed E-state index contributed by atoms with van der Waals surface area (Å²) in [7, 11) is 0. The molecule has 0 heterocycles. The fourth-order valence-electron chi connectivity index (χ4n) is 0.212. The molecule has 0 fully saturated rings. The molecule has 6 nitrogen and oxygen atoms in total. The zero-order valence-corrected chi connectivity index (χ0v) is 9.09. The molecule has 0 aliphatic rings. The number of carbonyl (C=O) groups excluding carboxylic acids is 3. The molecule has 0 rings (SSSR count). The van der Waals surface area contributed by atoms with E-state index in [2.05, 4.69) is 16.8 Å². The van der Waals surface area contributed by atoms with E-state index in [0.29, 0.717) is 0 Å². The maximum absolute atomic E-state index is 10.0. The first kappa shape index (κ1) is 18.2. The Morgan fingerprint density at radius 2 is 1.36 bits per heavy atom. The van der Waals surface area contributed by atoms with Crippen molar-refractivity contribution < 1.29 is 14.4 Å². The van der Waals surface area contributed by atoms with Gasteiger partial charge in [0.25, 0.3) is 0 Å². The molecule has 0 atom stereocenters. The molecule has 0 saturated carbocycles. The van der Waals surface area contributed by atoms with Crippen LogP contribution in [0.3, 0.4) is 0 Å². The molecule has 0 radical (unpaired) electrons. The van der Waals surface area contributed by atoms with Crippen LogP contribution in [0.5, 0.6) is 0 Å². The molecule has 0 aliphatic carbocycles. The molecule has 84 valence electrons. The van der Waals surface area contributed by atoms with Crippen LogP contribution in [0.4, 0.5) is 0 Å². The Morgan fingerprint density at radius 1 is 1.07 bits per heavy atom. The van der Waals surface area contributed by atoms with E-state index in [4.69, 9.17) is 0 Å². The zero-order chi connectivity index (χ0) is 12.1. The third kappa shape index (κ3) is 79.3. The Morgan fingerprint density at radius 3 is 1.43 bits per heavy atom. The van der Waals surface area contributed by atoms with E-state index >= 15 is 0 Å². The van der Waals surface area contributed by atoms with Crippen molar-refractivity contribution in [3.63, 3.8) is 0 Å². The first-order valence-corrected chi connectivity index (χ1v) is 4.15. The van der Waals surface area contributed by atoms with Crippen molar-refractivity contribution in [3.05, 3.63) is 0 Å². The van der Waals surface area contributed by atoms with Crippen LogP contribution >= 0.6 is 0 Å². The number of hydrogen-bond acceptors (Lipinski definition) is 3. The summed E-state index contributed by atoms with van der Waals surface area (Å²) in [6.07, 6.45) is 0. The van der Waals surface area contributed by atoms with Gasteiger partial charge in [0.15, 0.2) is 0 Å². The lowest BCUT2D eigenvalue weighted by Crippen LogP contribution is -2.31. The molecule has 5 N–H and O–H groups in total. The summed E-state index contributed by atoms with van der Waals surface area (Å²) in [5.41, 5.74) is 9.16. The summed E-state index contributed by atoms with van der Waals surface area (Å²) in [5.74, 6) is -1.11. The minimum Gasteiger partial charge on any atom is -0.370 e. The Balaban J connectivity index is -0.000000170. The number of carbonyl (C=O) groups is 3. The highest BCUT2D eigenvalue weighted by atomic mass is 16.2. The van der Waals surface area contributed by atoms with Crippen LogP contribution in [0.15, 0.2) is 0 Å². The molecule has 0 spiro atoms. The van der Waals surface area contributed by atoms with Gasteiger partial charge in [-0.3, -0.25) is 14.4 Å². The second-order valence-corrected chi connectivity index (χ2v) is 1.99. The van der Waals surface area contributed by atoms with Crippen LogP contribution in [0.1, 0.15) is 27.7 Å². The Hall–Kier alpha value is -1.59. The highest BCUT2D eigenvalue weighted by Gasteiger charge is 1.92. The van der Waals surface area contributed by atoms with Crippen molar-refractivity contribution in [2.75, 3.05) is 6.54 Å². The van der Waals surface area contributed by atoms with Crippen LogP contribution in [0.25, 0.3) is 0 Å². The third-order valence-electron chi connectivity index (χ3n) is 0.512. The van der Waals surface area contributed by atoms with E-state index in [9.17, 15) is 14.4 Å². The van der Waals surface area contributed by atoms with Gasteiger partial charge in [0, 0.05) is 13.8 Å². The third-order valence-corrected chi connectivity index (χ3v) is 0.512. The second-order valence-electron chi connectivity index (χ2n) is 1.99. The largest absolute Gasteiger partial charge is 0.370 e. The zero-order valence-electron chi connectivity index (χ0n) is 9.09. The number of rotatable bonds is 2. The first-order valence-electron chi connectivity index (χ1n) is 4.15. The van der Waals surface area contributed by atoms with Gasteiger partial charge >= 0.3 is 0 Å². The van der Waals surface area contributed by atoms with Crippen molar-refractivity contribution in [2.45, 2.75) is 27.7 Å². The second kappa shape index (κ2) is 14.0. The minimum absolute atomic E-state index is 0.0741. The topological polar surface area (TPSA) is 115 Å². The SMILES string of the molecule is CC.CC(=O)NCC(N)=O.CC(N)=O. The minimum atomic E-state index is -0.528. The molecule has 0 aromatic rings. The highest BCUT2D eigenvalue weighted by molar-refractivity contribution is 5.82. The monoisotopic (exact) mass is 205 g/mol. The molecular formula is C8H19N3O3. The lowest BCUT2D eigenvalue weighted by molar-refractivity contribution is -0.123. The van der Waals surface area contributed by atoms with Gasteiger partial charge in [0.2, 0.25) is 17.7 Å². The quantitative estimate of drug-likeness (QED) is 0.544. The maximum Gasteiger partial charge on any atom is 0.236 e. The number of amides is 3. The van der Waals surface area contributed by atoms with Crippen LogP contribution in [-0.2, 0) is 14.4 Å². The summed E-state index contributed by atoms with van der Waals surface area (Å²) in [5, 5.41) is 2.23. The van der Waals surface area contributed by atoms with Gasteiger partial charge in [-0.05, 0) is 0 Å². The molecule has 14 heavy (non-hydrogen) atoms. The standard InChI is InChI=1S/C4H8N2O2.C2H5NO.C2H6/c1-3(7)6-2-4(5)8;1-2(3)4;1-2/h2H2,1H3,(H2,5,8)(H,6,7);1H3,(H2,3,4);1-2H3. The van der Waals surface area contributed by atoms with Gasteiger partial charge in [-0.25, -0.2) is 0 Å². The lowest BCUT2D eigenvalue weighted by atomic mass is 10.6. The first-order chi connectivity index (χ1) is 6.36. The highest BCUT2D eigenvalue weighted by Crippen LogP contribution is 1.57. The predicted molar refractivity (Wildman–Crippen MR) is 54.1 cm³/mol. The van der Waals surface area contributed by atoms with Crippen LogP contribution in [0, 0.1) is 0 Å². The molecule has 0 unspecified atom stereocenters. The summed E-state index contributed by atoms with van der Waals surface area (Å²) >= 11 is 0. The average molecular weight is 205 g/mol. The van der Waals surface area contributed by atoms with Gasteiger partial charge < -0.3 is 16.8 Å². The van der Waals surface area contributed by atoms with Gasteiger partial charge in [0.05, 0.1) is 6.54 Å². The summed E-state index contributed by atoms with van der Waals surface area (Å²) in [4.78, 5) is 29.2. The molecule has 0 saturated heterocycles. The smallest absolute Gasteiger partial charge is 0.236 e. The molecule has 6 heteroatoms. The van der Waals surface area contributed by atoms with E-state index < -0.39 is 5.91 Å².